The van der Waals surface area contributed by atoms with Gasteiger partial charge in [-0.05, 0) is 12.0 Å². The van der Waals surface area contributed by atoms with E-state index in [1.807, 2.05) is 18.2 Å². The molecule has 2 rings (SSSR count). The molecule has 0 spiro atoms. The number of nitrogens with zero attached hydrogens (tertiary/aromatic N) is 1. The minimum atomic E-state index is 0.0981. The molecular formula is C11H13NO2. The number of rotatable bonds is 3. The first-order valence-corrected chi connectivity index (χ1v) is 4.83. The molecule has 14 heavy (non-hydrogen) atoms. The third-order valence-electron chi connectivity index (χ3n) is 2.29. The van der Waals surface area contributed by atoms with E-state index in [0.29, 0.717) is 19.6 Å². The predicted molar refractivity (Wildman–Crippen MR) is 52.4 cm³/mol. The van der Waals surface area contributed by atoms with Gasteiger partial charge in [-0.3, -0.25) is 9.63 Å². The van der Waals surface area contributed by atoms with Crippen molar-refractivity contribution in [3.8, 4) is 0 Å². The van der Waals surface area contributed by atoms with Crippen molar-refractivity contribution in [2.24, 2.45) is 0 Å². The number of benzene rings is 1. The van der Waals surface area contributed by atoms with Crippen LogP contribution in [0.1, 0.15) is 12.0 Å². The summed E-state index contributed by atoms with van der Waals surface area (Å²) in [5.74, 6) is 0.0981. The van der Waals surface area contributed by atoms with Crippen molar-refractivity contribution in [1.82, 2.24) is 5.06 Å². The normalized spacial score (nSPS) is 16.3. The summed E-state index contributed by atoms with van der Waals surface area (Å²) in [6, 6.07) is 10.1. The highest BCUT2D eigenvalue weighted by atomic mass is 16.7. The summed E-state index contributed by atoms with van der Waals surface area (Å²) in [6.07, 6.45) is 1.38. The highest BCUT2D eigenvalue weighted by molar-refractivity contribution is 5.76. The van der Waals surface area contributed by atoms with Crippen molar-refractivity contribution in [1.29, 1.82) is 0 Å². The summed E-state index contributed by atoms with van der Waals surface area (Å²) < 4.78 is 0. The molecule has 1 amide bonds. The van der Waals surface area contributed by atoms with E-state index in [1.54, 1.807) is 0 Å². The monoisotopic (exact) mass is 191 g/mol. The largest absolute Gasteiger partial charge is 0.272 e. The van der Waals surface area contributed by atoms with E-state index in [0.717, 1.165) is 6.42 Å². The maximum atomic E-state index is 11.2. The lowest BCUT2D eigenvalue weighted by Crippen LogP contribution is -2.25. The lowest BCUT2D eigenvalue weighted by molar-refractivity contribution is -0.161. The molecule has 1 aliphatic rings. The van der Waals surface area contributed by atoms with E-state index in [-0.39, 0.29) is 5.91 Å². The van der Waals surface area contributed by atoms with Gasteiger partial charge in [0.1, 0.15) is 0 Å². The zero-order valence-corrected chi connectivity index (χ0v) is 7.98. The second kappa shape index (κ2) is 4.24. The van der Waals surface area contributed by atoms with Gasteiger partial charge in [0.05, 0.1) is 19.6 Å². The highest BCUT2D eigenvalue weighted by Gasteiger charge is 2.20. The summed E-state index contributed by atoms with van der Waals surface area (Å²) in [7, 11) is 0. The van der Waals surface area contributed by atoms with Gasteiger partial charge in [0.2, 0.25) is 5.91 Å². The van der Waals surface area contributed by atoms with Gasteiger partial charge in [-0.25, -0.2) is 5.06 Å². The Kier molecular flexibility index (Phi) is 2.79. The fourth-order valence-electron chi connectivity index (χ4n) is 1.50. The first kappa shape index (κ1) is 9.21. The van der Waals surface area contributed by atoms with Crippen molar-refractivity contribution in [2.45, 2.75) is 12.8 Å². The molecule has 0 N–H and O–H groups in total. The van der Waals surface area contributed by atoms with Crippen molar-refractivity contribution in [3.63, 3.8) is 0 Å². The third kappa shape index (κ3) is 2.12. The summed E-state index contributed by atoms with van der Waals surface area (Å²) in [5.41, 5.74) is 1.23. The number of hydroxylamine groups is 2. The van der Waals surface area contributed by atoms with Crippen LogP contribution in [0.5, 0.6) is 0 Å². The molecule has 0 aliphatic carbocycles. The highest BCUT2D eigenvalue weighted by Crippen LogP contribution is 2.08. The van der Waals surface area contributed by atoms with Crippen LogP contribution in [0.25, 0.3) is 0 Å². The van der Waals surface area contributed by atoms with E-state index in [4.69, 9.17) is 4.84 Å². The predicted octanol–water partition coefficient (Wildman–Crippen LogP) is 1.39. The fourth-order valence-corrected chi connectivity index (χ4v) is 1.50. The average Bonchev–Trinajstić information content (AvgIpc) is 2.63. The summed E-state index contributed by atoms with van der Waals surface area (Å²) in [5, 5.41) is 1.47. The van der Waals surface area contributed by atoms with Crippen LogP contribution in [0.15, 0.2) is 30.3 Å². The van der Waals surface area contributed by atoms with Crippen molar-refractivity contribution in [2.75, 3.05) is 13.2 Å². The van der Waals surface area contributed by atoms with E-state index in [2.05, 4.69) is 12.1 Å². The lowest BCUT2D eigenvalue weighted by Gasteiger charge is -2.13. The summed E-state index contributed by atoms with van der Waals surface area (Å²) >= 11 is 0. The molecule has 3 heteroatoms. The Labute approximate surface area is 83.2 Å². The second-order valence-electron chi connectivity index (χ2n) is 3.31. The van der Waals surface area contributed by atoms with Gasteiger partial charge in [-0.2, -0.15) is 0 Å². The van der Waals surface area contributed by atoms with Gasteiger partial charge in [0, 0.05) is 0 Å². The Hall–Kier alpha value is -1.35. The maximum absolute atomic E-state index is 11.2. The molecule has 0 atom stereocenters. The molecule has 1 aromatic rings. The van der Waals surface area contributed by atoms with Gasteiger partial charge >= 0.3 is 0 Å². The molecule has 3 nitrogen and oxygen atoms in total. The van der Waals surface area contributed by atoms with Gasteiger partial charge in [-0.15, -0.1) is 0 Å². The molecule has 0 unspecified atom stereocenters. The van der Waals surface area contributed by atoms with E-state index < -0.39 is 0 Å². The molecule has 1 heterocycles. The Morgan fingerprint density at radius 2 is 2.07 bits per heavy atom. The molecule has 1 saturated heterocycles. The standard InChI is InChI=1S/C11H13NO2/c13-11-7-9-14-12(11)8-6-10-4-2-1-3-5-10/h1-5H,6-9H2. The topological polar surface area (TPSA) is 29.5 Å². The minimum Gasteiger partial charge on any atom is -0.272 e. The smallest absolute Gasteiger partial charge is 0.248 e. The van der Waals surface area contributed by atoms with Crippen LogP contribution in [0, 0.1) is 0 Å². The Morgan fingerprint density at radius 1 is 1.29 bits per heavy atom. The van der Waals surface area contributed by atoms with Gasteiger partial charge in [0.15, 0.2) is 0 Å². The summed E-state index contributed by atoms with van der Waals surface area (Å²) in [6.45, 7) is 1.19. The fraction of sp³-hybridized carbons (Fsp3) is 0.364. The average molecular weight is 191 g/mol. The molecule has 1 fully saturated rings. The minimum absolute atomic E-state index is 0.0981. The number of amides is 1. The summed E-state index contributed by atoms with van der Waals surface area (Å²) in [4.78, 5) is 16.4. The van der Waals surface area contributed by atoms with Gasteiger partial charge in [0.25, 0.3) is 0 Å². The van der Waals surface area contributed by atoms with Gasteiger partial charge < -0.3 is 0 Å². The van der Waals surface area contributed by atoms with Crippen LogP contribution >= 0.6 is 0 Å². The van der Waals surface area contributed by atoms with E-state index >= 15 is 0 Å². The molecule has 0 saturated carbocycles. The molecule has 0 radical (unpaired) electrons. The van der Waals surface area contributed by atoms with Crippen molar-refractivity contribution in [3.05, 3.63) is 35.9 Å². The quantitative estimate of drug-likeness (QED) is 0.722. The van der Waals surface area contributed by atoms with Crippen LogP contribution in [-0.4, -0.2) is 24.1 Å². The number of hydrogen-bond acceptors (Lipinski definition) is 2. The first-order chi connectivity index (χ1) is 6.86. The lowest BCUT2D eigenvalue weighted by atomic mass is 10.1. The van der Waals surface area contributed by atoms with Crippen LogP contribution in [0.4, 0.5) is 0 Å². The van der Waals surface area contributed by atoms with Crippen molar-refractivity contribution >= 4 is 5.91 Å². The molecule has 0 bridgehead atoms. The first-order valence-electron chi connectivity index (χ1n) is 4.83. The Bertz CT molecular complexity index is 310. The SMILES string of the molecule is O=C1CCON1CCc1ccccc1. The van der Waals surface area contributed by atoms with E-state index in [9.17, 15) is 4.79 Å². The Balaban J connectivity index is 1.85. The van der Waals surface area contributed by atoms with E-state index in [1.165, 1.54) is 10.6 Å². The van der Waals surface area contributed by atoms with Crippen LogP contribution in [0.2, 0.25) is 0 Å². The zero-order chi connectivity index (χ0) is 9.80. The number of hydrogen-bond donors (Lipinski definition) is 0. The number of carbonyl (C=O) groups excluding carboxylic acids is 1. The second-order valence-corrected chi connectivity index (χ2v) is 3.31. The molecule has 1 aromatic carbocycles. The molecule has 74 valence electrons. The molecule has 0 aromatic heterocycles. The molecule has 1 aliphatic heterocycles. The van der Waals surface area contributed by atoms with Crippen LogP contribution in [-0.2, 0) is 16.1 Å². The van der Waals surface area contributed by atoms with Crippen LogP contribution in [0.3, 0.4) is 0 Å². The van der Waals surface area contributed by atoms with Crippen molar-refractivity contribution < 1.29 is 9.63 Å². The maximum Gasteiger partial charge on any atom is 0.248 e. The number of carbonyl (C=O) groups is 1. The van der Waals surface area contributed by atoms with Crippen LogP contribution < -0.4 is 0 Å². The third-order valence-corrected chi connectivity index (χ3v) is 2.29. The Morgan fingerprint density at radius 3 is 2.71 bits per heavy atom. The van der Waals surface area contributed by atoms with Gasteiger partial charge in [-0.1, -0.05) is 30.3 Å². The molecular weight excluding hydrogens is 178 g/mol. The zero-order valence-electron chi connectivity index (χ0n) is 7.98.